The molecule has 4 heterocycles. The summed E-state index contributed by atoms with van der Waals surface area (Å²) in [6.07, 6.45) is 3.86. The van der Waals surface area contributed by atoms with Gasteiger partial charge in [0.25, 0.3) is 0 Å². The normalized spacial score (nSPS) is 17.4. The number of aryl methyl sites for hydroxylation is 1. The molecule has 1 fully saturated rings. The van der Waals surface area contributed by atoms with Crippen LogP contribution in [0.4, 0.5) is 16.3 Å². The molecule has 1 unspecified atom stereocenters. The zero-order valence-corrected chi connectivity index (χ0v) is 26.9. The molecule has 1 aromatic carbocycles. The fourth-order valence-electron chi connectivity index (χ4n) is 5.81. The number of benzene rings is 1. The van der Waals surface area contributed by atoms with Crippen molar-refractivity contribution in [3.05, 3.63) is 35.2 Å². The summed E-state index contributed by atoms with van der Waals surface area (Å²) in [4.78, 5) is 27.5. The predicted molar refractivity (Wildman–Crippen MR) is 168 cm³/mol. The first-order valence-corrected chi connectivity index (χ1v) is 19.4. The third kappa shape index (κ3) is 6.35. The molecule has 3 aromatic rings. The first kappa shape index (κ1) is 30.1. The molecule has 5 rings (SSSR count). The van der Waals surface area contributed by atoms with Crippen molar-refractivity contribution in [2.45, 2.75) is 69.9 Å². The van der Waals surface area contributed by atoms with Crippen LogP contribution in [0.2, 0.25) is 25.7 Å². The Bertz CT molecular complexity index is 1500. The van der Waals surface area contributed by atoms with Crippen molar-refractivity contribution in [2.24, 2.45) is 0 Å². The number of nitrogens with zero attached hydrogens (tertiary/aromatic N) is 8. The number of fused-ring (bicyclic) bond motifs is 2. The van der Waals surface area contributed by atoms with Crippen molar-refractivity contribution in [1.29, 1.82) is 5.26 Å². The van der Waals surface area contributed by atoms with Gasteiger partial charge in [0.1, 0.15) is 12.5 Å². The van der Waals surface area contributed by atoms with E-state index in [9.17, 15) is 15.2 Å². The topological polar surface area (TPSA) is 124 Å². The number of nitriles is 1. The van der Waals surface area contributed by atoms with Crippen LogP contribution in [-0.4, -0.2) is 89.0 Å². The molecule has 13 heteroatoms. The Morgan fingerprint density at radius 3 is 2.74 bits per heavy atom. The van der Waals surface area contributed by atoms with Gasteiger partial charge < -0.3 is 24.5 Å². The standard InChI is InChI=1S/C29H40N8O3SSi/c1-20-6-7-25-23(16-31-37(25)19-40-14-15-42(3,4)5)26(20)34-11-9-22-24(18-34)32-28(41-2)33-27(22)35-12-13-36(29(38)39)21(17-35)8-10-30/h6-7,16,21H,8-9,11-15,17-19H2,1-5H3,(H,38,39). The van der Waals surface area contributed by atoms with E-state index in [1.165, 1.54) is 27.9 Å². The Labute approximate surface area is 252 Å². The number of piperazine rings is 1. The third-order valence-corrected chi connectivity index (χ3v) is 10.3. The summed E-state index contributed by atoms with van der Waals surface area (Å²) in [6, 6.07) is 7.18. The third-order valence-electron chi connectivity index (χ3n) is 8.09. The number of thioether (sulfide) groups is 1. The summed E-state index contributed by atoms with van der Waals surface area (Å²) in [7, 11) is -1.15. The van der Waals surface area contributed by atoms with Gasteiger partial charge >= 0.3 is 6.09 Å². The summed E-state index contributed by atoms with van der Waals surface area (Å²) in [5.41, 5.74) is 5.52. The lowest BCUT2D eigenvalue weighted by Crippen LogP contribution is -2.55. The molecular weight excluding hydrogens is 569 g/mol. The summed E-state index contributed by atoms with van der Waals surface area (Å²) in [6.45, 7) is 13.2. The molecular formula is C29H40N8O3SSi. The Hall–Kier alpha value is -3.34. The fourth-order valence-corrected chi connectivity index (χ4v) is 6.95. The van der Waals surface area contributed by atoms with E-state index in [2.05, 4.69) is 59.7 Å². The van der Waals surface area contributed by atoms with E-state index in [1.807, 2.05) is 17.1 Å². The molecule has 0 spiro atoms. The Morgan fingerprint density at radius 2 is 2.02 bits per heavy atom. The Kier molecular flexibility index (Phi) is 8.96. The van der Waals surface area contributed by atoms with Crippen LogP contribution in [0, 0.1) is 18.3 Å². The van der Waals surface area contributed by atoms with Crippen LogP contribution in [0.1, 0.15) is 23.2 Å². The quantitative estimate of drug-likeness (QED) is 0.157. The highest BCUT2D eigenvalue weighted by atomic mass is 32.2. The number of hydrogen-bond acceptors (Lipinski definition) is 9. The second-order valence-corrected chi connectivity index (χ2v) is 18.6. The summed E-state index contributed by atoms with van der Waals surface area (Å²) in [5, 5.41) is 25.5. The van der Waals surface area contributed by atoms with Gasteiger partial charge in [0, 0.05) is 51.8 Å². The van der Waals surface area contributed by atoms with Gasteiger partial charge in [0.15, 0.2) is 5.16 Å². The number of hydrogen-bond donors (Lipinski definition) is 1. The fraction of sp³-hybridized carbons (Fsp3) is 0.552. The number of aromatic nitrogens is 4. The molecule has 1 amide bonds. The number of ether oxygens (including phenoxy) is 1. The van der Waals surface area contributed by atoms with E-state index < -0.39 is 14.2 Å². The maximum absolute atomic E-state index is 11.8. The highest BCUT2D eigenvalue weighted by Crippen LogP contribution is 2.36. The smallest absolute Gasteiger partial charge is 0.407 e. The van der Waals surface area contributed by atoms with E-state index >= 15 is 0 Å². The molecule has 0 aliphatic carbocycles. The second-order valence-electron chi connectivity index (χ2n) is 12.2. The van der Waals surface area contributed by atoms with Gasteiger partial charge in [-0.2, -0.15) is 10.4 Å². The lowest BCUT2D eigenvalue weighted by molar-refractivity contribution is 0.0817. The first-order chi connectivity index (χ1) is 20.1. The lowest BCUT2D eigenvalue weighted by Gasteiger charge is -2.41. The van der Waals surface area contributed by atoms with Crippen molar-refractivity contribution in [3.8, 4) is 6.07 Å². The monoisotopic (exact) mass is 608 g/mol. The zero-order valence-electron chi connectivity index (χ0n) is 25.1. The number of anilines is 2. The van der Waals surface area contributed by atoms with Gasteiger partial charge in [0.05, 0.1) is 48.2 Å². The highest BCUT2D eigenvalue weighted by molar-refractivity contribution is 7.98. The first-order valence-electron chi connectivity index (χ1n) is 14.4. The van der Waals surface area contributed by atoms with Crippen LogP contribution in [0.3, 0.4) is 0 Å². The number of rotatable bonds is 9. The van der Waals surface area contributed by atoms with Gasteiger partial charge in [-0.05, 0) is 37.3 Å². The van der Waals surface area contributed by atoms with E-state index in [4.69, 9.17) is 14.7 Å². The molecule has 0 bridgehead atoms. The zero-order chi connectivity index (χ0) is 30.0. The minimum absolute atomic E-state index is 0.152. The van der Waals surface area contributed by atoms with Gasteiger partial charge in [-0.25, -0.2) is 19.4 Å². The van der Waals surface area contributed by atoms with Crippen LogP contribution in [0.15, 0.2) is 23.5 Å². The molecule has 1 atom stereocenters. The minimum atomic E-state index is -1.15. The maximum Gasteiger partial charge on any atom is 0.407 e. The van der Waals surface area contributed by atoms with Crippen LogP contribution in [0.25, 0.3) is 10.9 Å². The van der Waals surface area contributed by atoms with Crippen LogP contribution < -0.4 is 9.80 Å². The van der Waals surface area contributed by atoms with E-state index in [0.29, 0.717) is 38.1 Å². The molecule has 2 aliphatic rings. The van der Waals surface area contributed by atoms with Gasteiger partial charge in [-0.15, -0.1) is 0 Å². The van der Waals surface area contributed by atoms with Crippen molar-refractivity contribution in [3.63, 3.8) is 0 Å². The van der Waals surface area contributed by atoms with Crippen LogP contribution >= 0.6 is 11.8 Å². The number of carbonyl (C=O) groups is 1. The largest absolute Gasteiger partial charge is 0.465 e. The van der Waals surface area contributed by atoms with Gasteiger partial charge in [-0.1, -0.05) is 37.5 Å². The average Bonchev–Trinajstić information content (AvgIpc) is 3.36. The SMILES string of the molecule is CSc1nc2c(c(N3CCN(C(=O)O)C(CC#N)C3)n1)CCN(c1c(C)ccc3c1cnn3COCC[Si](C)(C)C)C2. The molecule has 11 nitrogen and oxygen atoms in total. The summed E-state index contributed by atoms with van der Waals surface area (Å²) >= 11 is 1.50. The average molecular weight is 609 g/mol. The van der Waals surface area contributed by atoms with Crippen molar-refractivity contribution < 1.29 is 14.6 Å². The van der Waals surface area contributed by atoms with Crippen LogP contribution in [-0.2, 0) is 24.4 Å². The van der Waals surface area contributed by atoms with Crippen LogP contribution in [0.5, 0.6) is 0 Å². The van der Waals surface area contributed by atoms with Crippen molar-refractivity contribution >= 4 is 48.3 Å². The predicted octanol–water partition coefficient (Wildman–Crippen LogP) is 4.81. The molecule has 1 saturated heterocycles. The number of amides is 1. The molecule has 1 N–H and O–H groups in total. The molecule has 0 saturated carbocycles. The molecule has 42 heavy (non-hydrogen) atoms. The Balaban J connectivity index is 1.40. The Morgan fingerprint density at radius 1 is 1.21 bits per heavy atom. The molecule has 2 aliphatic heterocycles. The maximum atomic E-state index is 11.8. The van der Waals surface area contributed by atoms with Gasteiger partial charge in [-0.3, -0.25) is 0 Å². The molecule has 2 aromatic heterocycles. The molecule has 224 valence electrons. The van der Waals surface area contributed by atoms with E-state index in [0.717, 1.165) is 53.6 Å². The second kappa shape index (κ2) is 12.5. The minimum Gasteiger partial charge on any atom is -0.465 e. The van der Waals surface area contributed by atoms with E-state index in [-0.39, 0.29) is 12.5 Å². The summed E-state index contributed by atoms with van der Waals surface area (Å²) in [5.74, 6) is 0.871. The van der Waals surface area contributed by atoms with E-state index in [1.54, 1.807) is 0 Å². The van der Waals surface area contributed by atoms with Crippen molar-refractivity contribution in [1.82, 2.24) is 24.6 Å². The van der Waals surface area contributed by atoms with Crippen molar-refractivity contribution in [2.75, 3.05) is 48.8 Å². The molecule has 0 radical (unpaired) electrons. The van der Waals surface area contributed by atoms with Gasteiger partial charge in [0.2, 0.25) is 0 Å². The number of carboxylic acid groups (broad SMARTS) is 1. The highest BCUT2D eigenvalue weighted by Gasteiger charge is 2.34. The summed E-state index contributed by atoms with van der Waals surface area (Å²) < 4.78 is 7.95. The lowest BCUT2D eigenvalue weighted by atomic mass is 10.0.